The molecular formula is C16H15ClN4O2. The van der Waals surface area contributed by atoms with Crippen molar-refractivity contribution in [3.8, 4) is 11.8 Å². The van der Waals surface area contributed by atoms with E-state index in [1.165, 1.54) is 12.1 Å². The Bertz CT molecular complexity index is 763. The molecule has 0 fully saturated rings. The number of hydrazine groups is 1. The van der Waals surface area contributed by atoms with Crippen molar-refractivity contribution >= 4 is 23.3 Å². The number of amides is 1. The van der Waals surface area contributed by atoms with E-state index in [1.54, 1.807) is 44.3 Å². The summed E-state index contributed by atoms with van der Waals surface area (Å²) in [5.41, 5.74) is 4.09. The van der Waals surface area contributed by atoms with Crippen LogP contribution in [0, 0.1) is 18.3 Å². The Hall–Kier alpha value is -2.78. The van der Waals surface area contributed by atoms with Crippen LogP contribution in [0.15, 0.2) is 30.3 Å². The number of ether oxygens (including phenoxy) is 1. The van der Waals surface area contributed by atoms with E-state index in [9.17, 15) is 4.79 Å². The minimum Gasteiger partial charge on any atom is -0.496 e. The Balaban J connectivity index is 2.24. The van der Waals surface area contributed by atoms with Crippen LogP contribution in [0.25, 0.3) is 0 Å². The molecule has 0 aliphatic rings. The number of hydrogen-bond acceptors (Lipinski definition) is 5. The standard InChI is InChI=1S/C16H15ClN4O2/c1-10-8-14(19-15(17)12(10)9-18)21(2)20-16(22)11-6-4-5-7-13(11)23-3/h4-8H,1-3H3,(H,20,22). The van der Waals surface area contributed by atoms with Crippen LogP contribution in [0.5, 0.6) is 5.75 Å². The first kappa shape index (κ1) is 16.6. The number of para-hydroxylation sites is 1. The Morgan fingerprint density at radius 3 is 2.74 bits per heavy atom. The van der Waals surface area contributed by atoms with Crippen LogP contribution in [0.1, 0.15) is 21.5 Å². The number of nitrogens with one attached hydrogen (secondary N) is 1. The van der Waals surface area contributed by atoms with Gasteiger partial charge in [-0.25, -0.2) is 4.98 Å². The molecule has 1 aromatic carbocycles. The zero-order chi connectivity index (χ0) is 17.0. The van der Waals surface area contributed by atoms with Gasteiger partial charge in [-0.05, 0) is 30.7 Å². The van der Waals surface area contributed by atoms with E-state index in [0.717, 1.165) is 0 Å². The minimum absolute atomic E-state index is 0.0980. The predicted octanol–water partition coefficient (Wildman–Crippen LogP) is 2.70. The number of rotatable bonds is 4. The summed E-state index contributed by atoms with van der Waals surface area (Å²) in [5, 5.41) is 10.5. The molecule has 23 heavy (non-hydrogen) atoms. The third kappa shape index (κ3) is 3.52. The number of aryl methyl sites for hydroxylation is 1. The highest BCUT2D eigenvalue weighted by Crippen LogP contribution is 2.22. The number of benzene rings is 1. The molecule has 0 aliphatic heterocycles. The van der Waals surface area contributed by atoms with Crippen molar-refractivity contribution < 1.29 is 9.53 Å². The first-order valence-electron chi connectivity index (χ1n) is 6.73. The van der Waals surface area contributed by atoms with Gasteiger partial charge in [0.25, 0.3) is 5.91 Å². The molecule has 2 aromatic rings. The van der Waals surface area contributed by atoms with Crippen molar-refractivity contribution in [3.05, 3.63) is 52.2 Å². The van der Waals surface area contributed by atoms with Gasteiger partial charge in [0.05, 0.1) is 18.2 Å². The maximum absolute atomic E-state index is 12.4. The molecule has 0 saturated heterocycles. The summed E-state index contributed by atoms with van der Waals surface area (Å²) in [7, 11) is 3.14. The van der Waals surface area contributed by atoms with Crippen molar-refractivity contribution in [1.29, 1.82) is 5.26 Å². The number of halogens is 1. The first-order chi connectivity index (χ1) is 11.0. The lowest BCUT2D eigenvalue weighted by molar-refractivity contribution is 0.0948. The minimum atomic E-state index is -0.343. The van der Waals surface area contributed by atoms with Gasteiger partial charge in [0.15, 0.2) is 0 Å². The molecule has 0 unspecified atom stereocenters. The summed E-state index contributed by atoms with van der Waals surface area (Å²) in [6.07, 6.45) is 0. The van der Waals surface area contributed by atoms with Crippen LogP contribution >= 0.6 is 11.6 Å². The zero-order valence-corrected chi connectivity index (χ0v) is 13.7. The number of carbonyl (C=O) groups excluding carboxylic acids is 1. The average molecular weight is 331 g/mol. The average Bonchev–Trinajstić information content (AvgIpc) is 2.54. The van der Waals surface area contributed by atoms with E-state index in [4.69, 9.17) is 21.6 Å². The highest BCUT2D eigenvalue weighted by Gasteiger charge is 2.16. The largest absolute Gasteiger partial charge is 0.496 e. The molecule has 118 valence electrons. The number of pyridine rings is 1. The lowest BCUT2D eigenvalue weighted by Crippen LogP contribution is -2.40. The molecule has 6 nitrogen and oxygen atoms in total. The van der Waals surface area contributed by atoms with Gasteiger partial charge in [0.2, 0.25) is 0 Å². The SMILES string of the molecule is COc1ccccc1C(=O)NN(C)c1cc(C)c(C#N)c(Cl)n1. The fourth-order valence-electron chi connectivity index (χ4n) is 2.03. The van der Waals surface area contributed by atoms with Gasteiger partial charge in [-0.15, -0.1) is 0 Å². The number of carbonyl (C=O) groups is 1. The van der Waals surface area contributed by atoms with Gasteiger partial charge in [-0.1, -0.05) is 23.7 Å². The number of nitrogens with zero attached hydrogens (tertiary/aromatic N) is 3. The Morgan fingerprint density at radius 1 is 1.43 bits per heavy atom. The molecule has 7 heteroatoms. The highest BCUT2D eigenvalue weighted by atomic mass is 35.5. The number of anilines is 1. The molecule has 1 aromatic heterocycles. The van der Waals surface area contributed by atoms with E-state index in [1.807, 2.05) is 6.07 Å². The smallest absolute Gasteiger partial charge is 0.273 e. The third-order valence-corrected chi connectivity index (χ3v) is 3.51. The molecule has 0 atom stereocenters. The maximum atomic E-state index is 12.4. The summed E-state index contributed by atoms with van der Waals surface area (Å²) in [5.74, 6) is 0.556. The lowest BCUT2D eigenvalue weighted by atomic mass is 10.2. The van der Waals surface area contributed by atoms with Crippen LogP contribution in [0.3, 0.4) is 0 Å². The maximum Gasteiger partial charge on any atom is 0.273 e. The van der Waals surface area contributed by atoms with Crippen LogP contribution in [-0.4, -0.2) is 25.0 Å². The molecule has 0 spiro atoms. The number of hydrogen-bond donors (Lipinski definition) is 1. The third-order valence-electron chi connectivity index (χ3n) is 3.24. The van der Waals surface area contributed by atoms with Crippen molar-refractivity contribution in [3.63, 3.8) is 0 Å². The summed E-state index contributed by atoms with van der Waals surface area (Å²) in [6, 6.07) is 10.6. The fourth-order valence-corrected chi connectivity index (χ4v) is 2.30. The second-order valence-corrected chi connectivity index (χ2v) is 5.13. The second-order valence-electron chi connectivity index (χ2n) is 4.78. The van der Waals surface area contributed by atoms with Gasteiger partial charge < -0.3 is 4.74 Å². The van der Waals surface area contributed by atoms with E-state index in [0.29, 0.717) is 28.3 Å². The Morgan fingerprint density at radius 2 is 2.13 bits per heavy atom. The molecule has 0 radical (unpaired) electrons. The van der Waals surface area contributed by atoms with E-state index in [2.05, 4.69) is 10.4 Å². The van der Waals surface area contributed by atoms with E-state index < -0.39 is 0 Å². The Labute approximate surface area is 139 Å². The zero-order valence-electron chi connectivity index (χ0n) is 12.9. The normalized spacial score (nSPS) is 9.87. The molecule has 0 aliphatic carbocycles. The second kappa shape index (κ2) is 6.99. The molecule has 2 rings (SSSR count). The number of aromatic nitrogens is 1. The van der Waals surface area contributed by atoms with E-state index >= 15 is 0 Å². The van der Waals surface area contributed by atoms with Crippen molar-refractivity contribution in [2.45, 2.75) is 6.92 Å². The van der Waals surface area contributed by atoms with Crippen molar-refractivity contribution in [2.24, 2.45) is 0 Å². The van der Waals surface area contributed by atoms with Crippen LogP contribution in [0.4, 0.5) is 5.82 Å². The van der Waals surface area contributed by atoms with Gasteiger partial charge >= 0.3 is 0 Å². The summed E-state index contributed by atoms with van der Waals surface area (Å²) < 4.78 is 5.17. The topological polar surface area (TPSA) is 78.2 Å². The van der Waals surface area contributed by atoms with Crippen LogP contribution < -0.4 is 15.2 Å². The summed E-state index contributed by atoms with van der Waals surface area (Å²) in [4.78, 5) is 16.5. The molecule has 1 heterocycles. The van der Waals surface area contributed by atoms with Crippen LogP contribution in [-0.2, 0) is 0 Å². The van der Waals surface area contributed by atoms with Gasteiger partial charge in [0.1, 0.15) is 22.8 Å². The molecule has 1 amide bonds. The molecular weight excluding hydrogens is 316 g/mol. The fraction of sp³-hybridized carbons (Fsp3) is 0.188. The lowest BCUT2D eigenvalue weighted by Gasteiger charge is -2.20. The quantitative estimate of drug-likeness (QED) is 0.689. The number of nitriles is 1. The molecule has 1 N–H and O–H groups in total. The van der Waals surface area contributed by atoms with Crippen LogP contribution in [0.2, 0.25) is 5.15 Å². The monoisotopic (exact) mass is 330 g/mol. The predicted molar refractivity (Wildman–Crippen MR) is 87.6 cm³/mol. The Kier molecular flexibility index (Phi) is 5.04. The van der Waals surface area contributed by atoms with Crippen molar-refractivity contribution in [1.82, 2.24) is 10.4 Å². The van der Waals surface area contributed by atoms with E-state index in [-0.39, 0.29) is 11.1 Å². The summed E-state index contributed by atoms with van der Waals surface area (Å²) in [6.45, 7) is 1.76. The van der Waals surface area contributed by atoms with Gasteiger partial charge in [-0.3, -0.25) is 15.2 Å². The first-order valence-corrected chi connectivity index (χ1v) is 7.10. The highest BCUT2D eigenvalue weighted by molar-refractivity contribution is 6.30. The van der Waals surface area contributed by atoms with Crippen molar-refractivity contribution in [2.75, 3.05) is 19.2 Å². The molecule has 0 saturated carbocycles. The summed E-state index contributed by atoms with van der Waals surface area (Å²) >= 11 is 5.99. The molecule has 0 bridgehead atoms. The van der Waals surface area contributed by atoms with Gasteiger partial charge in [0, 0.05) is 7.05 Å². The number of methoxy groups -OCH3 is 1. The van der Waals surface area contributed by atoms with Gasteiger partial charge in [-0.2, -0.15) is 5.26 Å².